The molecule has 1 saturated carbocycles. The van der Waals surface area contributed by atoms with Gasteiger partial charge in [-0.15, -0.1) is 18.3 Å². The first-order chi connectivity index (χ1) is 10.4. The molecular weight excluding hydrogens is 283 g/mol. The summed E-state index contributed by atoms with van der Waals surface area (Å²) >= 11 is 2.11. The Balaban J connectivity index is 1.70. The zero-order chi connectivity index (χ0) is 15.8. The molecule has 0 aromatic rings. The quantitative estimate of drug-likeness (QED) is 0.468. The fourth-order valence-corrected chi connectivity index (χ4v) is 5.46. The molecule has 0 nitrogen and oxygen atoms in total. The van der Waals surface area contributed by atoms with Crippen molar-refractivity contribution < 1.29 is 0 Å². The van der Waals surface area contributed by atoms with Gasteiger partial charge in [-0.1, -0.05) is 55.6 Å². The molecule has 3 atom stereocenters. The van der Waals surface area contributed by atoms with Crippen molar-refractivity contribution in [3.63, 3.8) is 0 Å². The average Bonchev–Trinajstić information content (AvgIpc) is 3.25. The van der Waals surface area contributed by atoms with Gasteiger partial charge < -0.3 is 0 Å². The van der Waals surface area contributed by atoms with Gasteiger partial charge in [0, 0.05) is 4.75 Å². The molecule has 118 valence electrons. The highest BCUT2D eigenvalue weighted by Crippen LogP contribution is 2.52. The standard InChI is InChI=1S/C20H29BS/c1-5-11-19(3)12-6-7-16(10-13-19)14-20(4)15(2)21-18(22-20)17-8-9-17/h6-7,10,13,16,21H,2,5,8-9,11-12,14H2,1,3-4H3. The van der Waals surface area contributed by atoms with Crippen LogP contribution in [-0.2, 0) is 0 Å². The van der Waals surface area contributed by atoms with Crippen molar-refractivity contribution in [2.45, 2.75) is 64.0 Å². The minimum Gasteiger partial charge on any atom is -0.130 e. The molecule has 22 heavy (non-hydrogen) atoms. The third-order valence-corrected chi connectivity index (χ3v) is 7.11. The molecule has 3 aliphatic rings. The Morgan fingerprint density at radius 2 is 2.09 bits per heavy atom. The SMILES string of the molecule is C=C1BC(=C2CC2)SC1(C)CC1C=CCC(C)(CCC)C=C1. The van der Waals surface area contributed by atoms with Gasteiger partial charge in [-0.2, -0.15) is 0 Å². The molecule has 0 aromatic heterocycles. The second-order valence-corrected chi connectivity index (χ2v) is 9.50. The van der Waals surface area contributed by atoms with Crippen LogP contribution in [0.3, 0.4) is 0 Å². The van der Waals surface area contributed by atoms with Crippen LogP contribution in [-0.4, -0.2) is 12.0 Å². The average molecular weight is 312 g/mol. The molecule has 3 rings (SSSR count). The monoisotopic (exact) mass is 312 g/mol. The highest BCUT2D eigenvalue weighted by atomic mass is 32.2. The number of allylic oxidation sites excluding steroid dienone is 5. The number of rotatable bonds is 4. The lowest BCUT2D eigenvalue weighted by Gasteiger charge is -2.28. The summed E-state index contributed by atoms with van der Waals surface area (Å²) in [5, 5.41) is 0. The Labute approximate surface area is 141 Å². The van der Waals surface area contributed by atoms with Crippen LogP contribution in [0.25, 0.3) is 0 Å². The maximum absolute atomic E-state index is 4.41. The largest absolute Gasteiger partial charge is 0.196 e. The molecule has 0 amide bonds. The van der Waals surface area contributed by atoms with Gasteiger partial charge >= 0.3 is 0 Å². The van der Waals surface area contributed by atoms with Crippen molar-refractivity contribution in [3.8, 4) is 0 Å². The molecule has 2 fully saturated rings. The van der Waals surface area contributed by atoms with Crippen molar-refractivity contribution >= 4 is 19.0 Å². The Hall–Kier alpha value is -0.625. The summed E-state index contributed by atoms with van der Waals surface area (Å²) in [5.41, 5.74) is 3.51. The normalized spacial score (nSPS) is 37.4. The zero-order valence-corrected chi connectivity index (χ0v) is 15.3. The van der Waals surface area contributed by atoms with Crippen molar-refractivity contribution in [3.05, 3.63) is 46.7 Å². The van der Waals surface area contributed by atoms with Crippen molar-refractivity contribution in [2.75, 3.05) is 0 Å². The first kappa shape index (κ1) is 16.2. The van der Waals surface area contributed by atoms with Gasteiger partial charge in [0.1, 0.15) is 0 Å². The lowest BCUT2D eigenvalue weighted by Crippen LogP contribution is -2.22. The van der Waals surface area contributed by atoms with E-state index in [9.17, 15) is 0 Å². The van der Waals surface area contributed by atoms with E-state index in [2.05, 4.69) is 63.4 Å². The maximum atomic E-state index is 4.41. The first-order valence-electron chi connectivity index (χ1n) is 8.88. The van der Waals surface area contributed by atoms with E-state index in [-0.39, 0.29) is 4.75 Å². The summed E-state index contributed by atoms with van der Waals surface area (Å²) in [6, 6.07) is 0. The molecule has 0 bridgehead atoms. The van der Waals surface area contributed by atoms with Crippen molar-refractivity contribution in [1.29, 1.82) is 0 Å². The maximum Gasteiger partial charge on any atom is 0.196 e. The molecule has 1 heterocycles. The summed E-state index contributed by atoms with van der Waals surface area (Å²) in [4.78, 5) is 1.64. The predicted octanol–water partition coefficient (Wildman–Crippen LogP) is 5.78. The van der Waals surface area contributed by atoms with Crippen LogP contribution in [0.15, 0.2) is 46.7 Å². The fourth-order valence-electron chi connectivity index (χ4n) is 3.83. The summed E-state index contributed by atoms with van der Waals surface area (Å²) in [6.07, 6.45) is 17.4. The highest BCUT2D eigenvalue weighted by Gasteiger charge is 2.40. The van der Waals surface area contributed by atoms with Crippen LogP contribution in [0, 0.1) is 11.3 Å². The Kier molecular flexibility index (Phi) is 4.51. The zero-order valence-electron chi connectivity index (χ0n) is 14.5. The minimum absolute atomic E-state index is 0.232. The van der Waals surface area contributed by atoms with Gasteiger partial charge in [0.05, 0.1) is 0 Å². The van der Waals surface area contributed by atoms with Gasteiger partial charge in [0.25, 0.3) is 0 Å². The van der Waals surface area contributed by atoms with Crippen molar-refractivity contribution in [2.24, 2.45) is 11.3 Å². The molecule has 3 unspecified atom stereocenters. The Morgan fingerprint density at radius 1 is 1.32 bits per heavy atom. The van der Waals surface area contributed by atoms with Crippen molar-refractivity contribution in [1.82, 2.24) is 0 Å². The molecule has 0 aromatic carbocycles. The highest BCUT2D eigenvalue weighted by molar-refractivity contribution is 8.07. The number of thioether (sulfide) groups is 1. The summed E-state index contributed by atoms with van der Waals surface area (Å²) in [6.45, 7) is 11.5. The van der Waals surface area contributed by atoms with Crippen LogP contribution >= 0.6 is 11.8 Å². The number of hydrogen-bond donors (Lipinski definition) is 0. The van der Waals surface area contributed by atoms with Gasteiger partial charge in [-0.25, -0.2) is 0 Å². The summed E-state index contributed by atoms with van der Waals surface area (Å²) in [7, 11) is 1.14. The van der Waals surface area contributed by atoms with Gasteiger partial charge in [0.15, 0.2) is 7.28 Å². The van der Waals surface area contributed by atoms with Crippen LogP contribution in [0.2, 0.25) is 0 Å². The Morgan fingerprint density at radius 3 is 2.77 bits per heavy atom. The van der Waals surface area contributed by atoms with Crippen LogP contribution in [0.1, 0.15) is 59.3 Å². The smallest absolute Gasteiger partial charge is 0.130 e. The molecule has 1 aliphatic heterocycles. The minimum atomic E-state index is 0.232. The van der Waals surface area contributed by atoms with Crippen LogP contribution in [0.5, 0.6) is 0 Å². The first-order valence-corrected chi connectivity index (χ1v) is 9.70. The van der Waals surface area contributed by atoms with E-state index in [0.717, 1.165) is 7.28 Å². The molecule has 0 N–H and O–H groups in total. The predicted molar refractivity (Wildman–Crippen MR) is 103 cm³/mol. The second-order valence-electron chi connectivity index (χ2n) is 7.90. The van der Waals surface area contributed by atoms with E-state index >= 15 is 0 Å². The molecule has 2 aliphatic carbocycles. The van der Waals surface area contributed by atoms with E-state index in [1.54, 1.807) is 10.4 Å². The van der Waals surface area contributed by atoms with E-state index in [0.29, 0.717) is 11.3 Å². The lowest BCUT2D eigenvalue weighted by atomic mass is 9.64. The fraction of sp³-hybridized carbons (Fsp3) is 0.600. The molecular formula is C20H29BS. The third kappa shape index (κ3) is 3.48. The van der Waals surface area contributed by atoms with E-state index in [1.165, 1.54) is 44.0 Å². The van der Waals surface area contributed by atoms with E-state index in [4.69, 9.17) is 0 Å². The molecule has 0 radical (unpaired) electrons. The summed E-state index contributed by atoms with van der Waals surface area (Å²) in [5.74, 6) is 0.566. The molecule has 2 heteroatoms. The second kappa shape index (κ2) is 6.11. The van der Waals surface area contributed by atoms with Crippen LogP contribution < -0.4 is 0 Å². The van der Waals surface area contributed by atoms with E-state index < -0.39 is 0 Å². The van der Waals surface area contributed by atoms with Crippen LogP contribution in [0.4, 0.5) is 0 Å². The third-order valence-electron chi connectivity index (χ3n) is 5.52. The molecule has 0 spiro atoms. The topological polar surface area (TPSA) is 0 Å². The summed E-state index contributed by atoms with van der Waals surface area (Å²) < 4.78 is 0.232. The lowest BCUT2D eigenvalue weighted by molar-refractivity contribution is 0.392. The van der Waals surface area contributed by atoms with Gasteiger partial charge in [0.2, 0.25) is 0 Å². The van der Waals surface area contributed by atoms with Gasteiger partial charge in [-0.3, -0.25) is 0 Å². The van der Waals surface area contributed by atoms with Gasteiger partial charge in [-0.05, 0) is 55.2 Å². The van der Waals surface area contributed by atoms with E-state index in [1.807, 2.05) is 0 Å². The Bertz CT molecular complexity index is 550. The number of hydrogen-bond acceptors (Lipinski definition) is 1. The molecule has 1 saturated heterocycles.